The molecule has 0 saturated carbocycles. The van der Waals surface area contributed by atoms with E-state index in [-0.39, 0.29) is 23.5 Å². The first-order valence-electron chi connectivity index (χ1n) is 9.77. The molecule has 0 bridgehead atoms. The van der Waals surface area contributed by atoms with E-state index in [1.807, 2.05) is 22.1 Å². The number of nitro groups is 1. The number of carbonyl (C=O) groups excluding carboxylic acids is 1. The van der Waals surface area contributed by atoms with E-state index in [9.17, 15) is 14.9 Å². The SMILES string of the molecule is Cc1cc([N+](=O)[O-])ccc1NC(=O)CSc1nnc(-c2cccs2)n1CC1CCCO1. The number of ether oxygens (including phenoxy) is 1. The highest BCUT2D eigenvalue weighted by molar-refractivity contribution is 7.99. The van der Waals surface area contributed by atoms with Gasteiger partial charge in [0.1, 0.15) is 0 Å². The van der Waals surface area contributed by atoms with Crippen LogP contribution in [-0.2, 0) is 16.1 Å². The summed E-state index contributed by atoms with van der Waals surface area (Å²) < 4.78 is 7.81. The average Bonchev–Trinajstić information content (AvgIpc) is 3.50. The molecule has 2 aromatic heterocycles. The lowest BCUT2D eigenvalue weighted by Gasteiger charge is -2.14. The molecule has 1 aliphatic rings. The Morgan fingerprint density at radius 3 is 2.97 bits per heavy atom. The summed E-state index contributed by atoms with van der Waals surface area (Å²) in [6, 6.07) is 8.33. The van der Waals surface area contributed by atoms with Gasteiger partial charge in [0.2, 0.25) is 5.91 Å². The van der Waals surface area contributed by atoms with Crippen molar-refractivity contribution in [3.8, 4) is 10.7 Å². The van der Waals surface area contributed by atoms with Crippen LogP contribution in [0.5, 0.6) is 0 Å². The maximum absolute atomic E-state index is 12.5. The minimum absolute atomic E-state index is 0.00628. The third kappa shape index (κ3) is 5.12. The Labute approximate surface area is 187 Å². The van der Waals surface area contributed by atoms with Crippen LogP contribution in [0.3, 0.4) is 0 Å². The molecule has 4 rings (SSSR count). The molecule has 3 aromatic rings. The van der Waals surface area contributed by atoms with Gasteiger partial charge in [0, 0.05) is 24.4 Å². The van der Waals surface area contributed by atoms with Gasteiger partial charge in [0.15, 0.2) is 11.0 Å². The van der Waals surface area contributed by atoms with Crippen molar-refractivity contribution in [3.63, 3.8) is 0 Å². The van der Waals surface area contributed by atoms with Crippen LogP contribution in [0.15, 0.2) is 40.9 Å². The van der Waals surface area contributed by atoms with E-state index in [2.05, 4.69) is 15.5 Å². The minimum Gasteiger partial charge on any atom is -0.376 e. The van der Waals surface area contributed by atoms with Gasteiger partial charge in [-0.3, -0.25) is 19.5 Å². The van der Waals surface area contributed by atoms with Gasteiger partial charge >= 0.3 is 0 Å². The molecule has 1 N–H and O–H groups in total. The number of benzene rings is 1. The van der Waals surface area contributed by atoms with Gasteiger partial charge in [-0.05, 0) is 42.8 Å². The average molecular weight is 460 g/mol. The van der Waals surface area contributed by atoms with E-state index < -0.39 is 4.92 Å². The number of aryl methyl sites for hydroxylation is 1. The number of anilines is 1. The van der Waals surface area contributed by atoms with Gasteiger partial charge in [-0.1, -0.05) is 17.8 Å². The molecule has 1 aliphatic heterocycles. The van der Waals surface area contributed by atoms with Crippen molar-refractivity contribution >= 4 is 40.4 Å². The second-order valence-corrected chi connectivity index (χ2v) is 9.01. The van der Waals surface area contributed by atoms with Crippen LogP contribution in [0.1, 0.15) is 18.4 Å². The van der Waals surface area contributed by atoms with E-state index in [4.69, 9.17) is 4.74 Å². The molecule has 0 aliphatic carbocycles. The van der Waals surface area contributed by atoms with Gasteiger partial charge in [-0.15, -0.1) is 21.5 Å². The normalized spacial score (nSPS) is 15.8. The maximum atomic E-state index is 12.5. The molecule has 1 amide bonds. The third-order valence-corrected chi connectivity index (χ3v) is 6.73. The molecule has 9 nitrogen and oxygen atoms in total. The maximum Gasteiger partial charge on any atom is 0.269 e. The van der Waals surface area contributed by atoms with Gasteiger partial charge < -0.3 is 10.1 Å². The van der Waals surface area contributed by atoms with Gasteiger partial charge in [-0.25, -0.2) is 0 Å². The fraction of sp³-hybridized carbons (Fsp3) is 0.350. The highest BCUT2D eigenvalue weighted by atomic mass is 32.2. The summed E-state index contributed by atoms with van der Waals surface area (Å²) in [6.45, 7) is 3.13. The number of aromatic nitrogens is 3. The second kappa shape index (κ2) is 9.58. The summed E-state index contributed by atoms with van der Waals surface area (Å²) in [7, 11) is 0. The van der Waals surface area contributed by atoms with Crippen molar-refractivity contribution < 1.29 is 14.5 Å². The van der Waals surface area contributed by atoms with Crippen molar-refractivity contribution in [2.75, 3.05) is 17.7 Å². The largest absolute Gasteiger partial charge is 0.376 e. The first kappa shape index (κ1) is 21.5. The lowest BCUT2D eigenvalue weighted by atomic mass is 10.2. The van der Waals surface area contributed by atoms with Crippen LogP contribution in [-0.4, -0.2) is 44.1 Å². The van der Waals surface area contributed by atoms with Crippen molar-refractivity contribution in [2.45, 2.75) is 37.6 Å². The first-order valence-corrected chi connectivity index (χ1v) is 11.6. The predicted molar refractivity (Wildman–Crippen MR) is 119 cm³/mol. The topological polar surface area (TPSA) is 112 Å². The molecule has 0 spiro atoms. The molecule has 31 heavy (non-hydrogen) atoms. The molecule has 11 heteroatoms. The Balaban J connectivity index is 1.45. The highest BCUT2D eigenvalue weighted by Crippen LogP contribution is 2.29. The van der Waals surface area contributed by atoms with Crippen LogP contribution < -0.4 is 5.32 Å². The summed E-state index contributed by atoms with van der Waals surface area (Å²) in [6.07, 6.45) is 2.15. The quantitative estimate of drug-likeness (QED) is 0.306. The Bertz CT molecular complexity index is 1080. The van der Waals surface area contributed by atoms with Crippen molar-refractivity contribution in [1.29, 1.82) is 0 Å². The smallest absolute Gasteiger partial charge is 0.269 e. The molecular weight excluding hydrogens is 438 g/mol. The Morgan fingerprint density at radius 2 is 2.29 bits per heavy atom. The number of nitro benzene ring substituents is 1. The standard InChI is InChI=1S/C20H21N5O4S2/c1-13-10-14(25(27)28)6-7-16(13)21-18(26)12-31-20-23-22-19(17-5-3-9-30-17)24(20)11-15-4-2-8-29-15/h3,5-7,9-10,15H,2,4,8,11-12H2,1H3,(H,21,26). The predicted octanol–water partition coefficient (Wildman–Crippen LogP) is 4.13. The molecule has 1 aromatic carbocycles. The van der Waals surface area contributed by atoms with E-state index in [1.165, 1.54) is 23.9 Å². The zero-order chi connectivity index (χ0) is 21.8. The van der Waals surface area contributed by atoms with Crippen molar-refractivity contribution in [1.82, 2.24) is 14.8 Å². The van der Waals surface area contributed by atoms with Crippen molar-refractivity contribution in [2.24, 2.45) is 0 Å². The highest BCUT2D eigenvalue weighted by Gasteiger charge is 2.22. The number of nitrogens with one attached hydrogen (secondary N) is 1. The van der Waals surface area contributed by atoms with Gasteiger partial charge in [-0.2, -0.15) is 0 Å². The molecule has 1 saturated heterocycles. The number of hydrogen-bond donors (Lipinski definition) is 1. The number of thioether (sulfide) groups is 1. The van der Waals surface area contributed by atoms with Crippen LogP contribution in [0.2, 0.25) is 0 Å². The van der Waals surface area contributed by atoms with E-state index in [0.717, 1.165) is 30.2 Å². The molecule has 1 fully saturated rings. The van der Waals surface area contributed by atoms with Gasteiger partial charge in [0.25, 0.3) is 5.69 Å². The molecular formula is C20H21N5O4S2. The van der Waals surface area contributed by atoms with Crippen LogP contribution in [0.4, 0.5) is 11.4 Å². The minimum atomic E-state index is -0.458. The summed E-state index contributed by atoms with van der Waals surface area (Å²) in [4.78, 5) is 23.9. The monoisotopic (exact) mass is 459 g/mol. The number of hydrogen-bond acceptors (Lipinski definition) is 8. The number of non-ortho nitro benzene ring substituents is 1. The third-order valence-electron chi connectivity index (χ3n) is 4.90. The lowest BCUT2D eigenvalue weighted by molar-refractivity contribution is -0.384. The Kier molecular flexibility index (Phi) is 6.64. The second-order valence-electron chi connectivity index (χ2n) is 7.12. The van der Waals surface area contributed by atoms with Gasteiger partial charge in [0.05, 0.1) is 28.2 Å². The summed E-state index contributed by atoms with van der Waals surface area (Å²) in [5.74, 6) is 0.704. The Morgan fingerprint density at radius 1 is 1.42 bits per heavy atom. The van der Waals surface area contributed by atoms with E-state index in [1.54, 1.807) is 24.3 Å². The zero-order valence-corrected chi connectivity index (χ0v) is 18.4. The Hall–Kier alpha value is -2.76. The molecule has 3 heterocycles. The number of thiophene rings is 1. The fourth-order valence-corrected chi connectivity index (χ4v) is 4.82. The van der Waals surface area contributed by atoms with E-state index >= 15 is 0 Å². The van der Waals surface area contributed by atoms with Crippen LogP contribution in [0.25, 0.3) is 10.7 Å². The lowest BCUT2D eigenvalue weighted by Crippen LogP contribution is -2.18. The summed E-state index contributed by atoms with van der Waals surface area (Å²) in [5.41, 5.74) is 1.18. The molecule has 0 radical (unpaired) electrons. The number of rotatable bonds is 8. The fourth-order valence-electron chi connectivity index (χ4n) is 3.36. The first-order chi connectivity index (χ1) is 15.0. The molecule has 1 atom stereocenters. The van der Waals surface area contributed by atoms with Crippen LogP contribution in [0, 0.1) is 17.0 Å². The van der Waals surface area contributed by atoms with E-state index in [0.29, 0.717) is 23.0 Å². The van der Waals surface area contributed by atoms with Crippen molar-refractivity contribution in [3.05, 3.63) is 51.4 Å². The molecule has 162 valence electrons. The number of nitrogens with zero attached hydrogens (tertiary/aromatic N) is 4. The summed E-state index contributed by atoms with van der Waals surface area (Å²) >= 11 is 2.90. The van der Waals surface area contributed by atoms with Crippen LogP contribution >= 0.6 is 23.1 Å². The zero-order valence-electron chi connectivity index (χ0n) is 16.8. The summed E-state index contributed by atoms with van der Waals surface area (Å²) in [5, 5.41) is 25.0. The molecule has 1 unspecified atom stereocenters. The number of amides is 1. The number of carbonyl (C=O) groups is 1.